The maximum Gasteiger partial charge on any atom is 0.308 e. The van der Waals surface area contributed by atoms with Gasteiger partial charge in [0.2, 0.25) is 23.6 Å². The van der Waals surface area contributed by atoms with Gasteiger partial charge in [-0.2, -0.15) is 0 Å². The molecular weight excluding hydrogens is 507 g/mol. The number of hydrogen-bond acceptors (Lipinski definition) is 6. The van der Waals surface area contributed by atoms with Gasteiger partial charge in [0.05, 0.1) is 0 Å². The number of esters is 1. The number of benzene rings is 2. The third-order valence-corrected chi connectivity index (χ3v) is 6.32. The Balaban J connectivity index is 1.62. The lowest BCUT2D eigenvalue weighted by Gasteiger charge is -2.29. The van der Waals surface area contributed by atoms with Crippen LogP contribution in [0.15, 0.2) is 48.5 Å². The number of carbonyl (C=O) groups excluding carboxylic acids is 5. The number of hydrogen-bond donors (Lipinski definition) is 3. The molecule has 0 bridgehead atoms. The van der Waals surface area contributed by atoms with Gasteiger partial charge in [-0.3, -0.25) is 24.0 Å². The number of ether oxygens (including phenoxy) is 1. The third kappa shape index (κ3) is 9.20. The van der Waals surface area contributed by atoms with Gasteiger partial charge >= 0.3 is 5.97 Å². The molecule has 3 rings (SSSR count). The van der Waals surface area contributed by atoms with Crippen molar-refractivity contribution >= 4 is 29.6 Å². The summed E-state index contributed by atoms with van der Waals surface area (Å²) in [7, 11) is 0. The predicted molar refractivity (Wildman–Crippen MR) is 140 cm³/mol. The largest absolute Gasteiger partial charge is 0.427 e. The minimum absolute atomic E-state index is 0.0929. The molecule has 2 aromatic rings. The number of nitrogens with one attached hydrogen (secondary N) is 2. The van der Waals surface area contributed by atoms with E-state index in [-0.39, 0.29) is 25.2 Å². The second-order valence-corrected chi connectivity index (χ2v) is 9.39. The molecule has 1 heterocycles. The minimum atomic E-state index is -1.00. The zero-order valence-electron chi connectivity index (χ0n) is 21.8. The van der Waals surface area contributed by atoms with Crippen LogP contribution in [0.2, 0.25) is 0 Å². The van der Waals surface area contributed by atoms with Crippen molar-refractivity contribution in [3.05, 3.63) is 65.5 Å². The van der Waals surface area contributed by atoms with Gasteiger partial charge in [-0.05, 0) is 54.7 Å². The standard InChI is InChI=1S/C28H33FN4O6/c1-18(34)39-22-10-6-19(7-11-22)14-15-31-27(37)24-3-2-16-33(24)28(38)23(32-26(36)13-12-25(30)35)17-20-4-8-21(29)9-5-20/h4-11,23-24H,2-3,12-17H2,1H3,(H2,30,35)(H,31,37)(H,32,36)/t23-,24-/m0/s1. The molecule has 0 unspecified atom stereocenters. The molecule has 0 aliphatic carbocycles. The van der Waals surface area contributed by atoms with Crippen molar-refractivity contribution < 1.29 is 33.1 Å². The molecule has 0 spiro atoms. The van der Waals surface area contributed by atoms with Crippen LogP contribution in [0.1, 0.15) is 43.7 Å². The fourth-order valence-corrected chi connectivity index (χ4v) is 4.40. The molecule has 0 radical (unpaired) electrons. The third-order valence-electron chi connectivity index (χ3n) is 6.32. The first-order chi connectivity index (χ1) is 18.6. The van der Waals surface area contributed by atoms with E-state index >= 15 is 0 Å². The fraction of sp³-hybridized carbons (Fsp3) is 0.393. The van der Waals surface area contributed by atoms with Crippen LogP contribution in [-0.4, -0.2) is 59.7 Å². The number of halogens is 1. The van der Waals surface area contributed by atoms with Crippen LogP contribution in [0, 0.1) is 5.82 Å². The first kappa shape index (κ1) is 29.3. The number of primary amides is 1. The molecule has 39 heavy (non-hydrogen) atoms. The van der Waals surface area contributed by atoms with E-state index in [4.69, 9.17) is 10.5 Å². The quantitative estimate of drug-likeness (QED) is 0.274. The number of likely N-dealkylation sites (tertiary alicyclic amines) is 1. The molecule has 1 aliphatic heterocycles. The Bertz CT molecular complexity index is 1190. The highest BCUT2D eigenvalue weighted by Gasteiger charge is 2.37. The van der Waals surface area contributed by atoms with Gasteiger partial charge in [0.25, 0.3) is 0 Å². The Morgan fingerprint density at radius 2 is 1.69 bits per heavy atom. The number of nitrogens with two attached hydrogens (primary N) is 1. The first-order valence-electron chi connectivity index (χ1n) is 12.8. The normalized spacial score (nSPS) is 15.3. The van der Waals surface area contributed by atoms with E-state index in [1.54, 1.807) is 24.3 Å². The summed E-state index contributed by atoms with van der Waals surface area (Å²) in [5.74, 6) is -2.27. The maximum atomic E-state index is 13.5. The summed E-state index contributed by atoms with van der Waals surface area (Å²) in [6.07, 6.45) is 1.40. The van der Waals surface area contributed by atoms with Crippen molar-refractivity contribution in [1.29, 1.82) is 0 Å². The van der Waals surface area contributed by atoms with Crippen LogP contribution in [-0.2, 0) is 36.8 Å². The number of amides is 4. The second kappa shape index (κ2) is 14.0. The molecule has 1 fully saturated rings. The Labute approximate surface area is 226 Å². The zero-order valence-corrected chi connectivity index (χ0v) is 21.8. The van der Waals surface area contributed by atoms with Crippen molar-refractivity contribution in [2.75, 3.05) is 13.1 Å². The monoisotopic (exact) mass is 540 g/mol. The average Bonchev–Trinajstić information content (AvgIpc) is 3.39. The van der Waals surface area contributed by atoms with Crippen molar-refractivity contribution in [2.45, 2.75) is 57.5 Å². The number of rotatable bonds is 12. The van der Waals surface area contributed by atoms with Crippen molar-refractivity contribution in [1.82, 2.24) is 15.5 Å². The summed E-state index contributed by atoms with van der Waals surface area (Å²) in [5, 5.41) is 5.53. The first-order valence-corrected chi connectivity index (χ1v) is 12.8. The minimum Gasteiger partial charge on any atom is -0.427 e. The van der Waals surface area contributed by atoms with E-state index in [0.29, 0.717) is 43.7 Å². The highest BCUT2D eigenvalue weighted by atomic mass is 19.1. The van der Waals surface area contributed by atoms with Crippen LogP contribution >= 0.6 is 0 Å². The van der Waals surface area contributed by atoms with Crippen molar-refractivity contribution in [2.24, 2.45) is 5.73 Å². The Hall–Kier alpha value is -4.28. The Morgan fingerprint density at radius 1 is 1.03 bits per heavy atom. The molecule has 4 N–H and O–H groups in total. The topological polar surface area (TPSA) is 148 Å². The summed E-state index contributed by atoms with van der Waals surface area (Å²) in [5.41, 5.74) is 6.69. The van der Waals surface area contributed by atoms with Crippen LogP contribution < -0.4 is 21.1 Å². The summed E-state index contributed by atoms with van der Waals surface area (Å²) in [4.78, 5) is 62.6. The van der Waals surface area contributed by atoms with Crippen molar-refractivity contribution in [3.8, 4) is 5.75 Å². The summed E-state index contributed by atoms with van der Waals surface area (Å²) < 4.78 is 18.4. The van der Waals surface area contributed by atoms with E-state index in [9.17, 15) is 28.4 Å². The number of nitrogens with zero attached hydrogens (tertiary/aromatic N) is 1. The summed E-state index contributed by atoms with van der Waals surface area (Å²) in [6.45, 7) is 2.02. The molecular formula is C28H33FN4O6. The molecule has 0 saturated carbocycles. The van der Waals surface area contributed by atoms with E-state index < -0.39 is 41.6 Å². The zero-order chi connectivity index (χ0) is 28.4. The van der Waals surface area contributed by atoms with Crippen LogP contribution in [0.3, 0.4) is 0 Å². The SMILES string of the molecule is CC(=O)Oc1ccc(CCNC(=O)[C@@H]2CCCN2C(=O)[C@H](Cc2ccc(F)cc2)NC(=O)CCC(N)=O)cc1. The van der Waals surface area contributed by atoms with E-state index in [1.165, 1.54) is 36.1 Å². The smallest absolute Gasteiger partial charge is 0.308 e. The highest BCUT2D eigenvalue weighted by molar-refractivity contribution is 5.93. The maximum absolute atomic E-state index is 13.5. The molecule has 2 atom stereocenters. The molecule has 1 aliphatic rings. The predicted octanol–water partition coefficient (Wildman–Crippen LogP) is 1.39. The van der Waals surface area contributed by atoms with Gasteiger partial charge < -0.3 is 26.0 Å². The molecule has 2 aromatic carbocycles. The van der Waals surface area contributed by atoms with Crippen LogP contribution in [0.25, 0.3) is 0 Å². The van der Waals surface area contributed by atoms with Crippen molar-refractivity contribution in [3.63, 3.8) is 0 Å². The van der Waals surface area contributed by atoms with Gasteiger partial charge in [-0.1, -0.05) is 24.3 Å². The van der Waals surface area contributed by atoms with E-state index in [1.807, 2.05) is 0 Å². The molecule has 1 saturated heterocycles. The lowest BCUT2D eigenvalue weighted by atomic mass is 10.0. The van der Waals surface area contributed by atoms with Gasteiger partial charge in [0, 0.05) is 39.3 Å². The lowest BCUT2D eigenvalue weighted by molar-refractivity contribution is -0.141. The molecule has 11 heteroatoms. The molecule has 208 valence electrons. The summed E-state index contributed by atoms with van der Waals surface area (Å²) >= 11 is 0. The summed E-state index contributed by atoms with van der Waals surface area (Å²) in [6, 6.07) is 10.8. The molecule has 0 aromatic heterocycles. The average molecular weight is 541 g/mol. The van der Waals surface area contributed by atoms with Gasteiger partial charge in [-0.25, -0.2) is 4.39 Å². The van der Waals surface area contributed by atoms with E-state index in [0.717, 1.165) is 5.56 Å². The Morgan fingerprint density at radius 3 is 2.33 bits per heavy atom. The lowest BCUT2D eigenvalue weighted by Crippen LogP contribution is -2.54. The fourth-order valence-electron chi connectivity index (χ4n) is 4.40. The van der Waals surface area contributed by atoms with Crippen LogP contribution in [0.4, 0.5) is 4.39 Å². The number of carbonyl (C=O) groups is 5. The highest BCUT2D eigenvalue weighted by Crippen LogP contribution is 2.20. The second-order valence-electron chi connectivity index (χ2n) is 9.39. The van der Waals surface area contributed by atoms with Gasteiger partial charge in [0.1, 0.15) is 23.7 Å². The Kier molecular flexibility index (Phi) is 10.5. The molecule has 4 amide bonds. The van der Waals surface area contributed by atoms with Crippen LogP contribution in [0.5, 0.6) is 5.75 Å². The van der Waals surface area contributed by atoms with Gasteiger partial charge in [0.15, 0.2) is 0 Å². The van der Waals surface area contributed by atoms with E-state index in [2.05, 4.69) is 10.6 Å². The van der Waals surface area contributed by atoms with Gasteiger partial charge in [-0.15, -0.1) is 0 Å². The molecule has 10 nitrogen and oxygen atoms in total.